The van der Waals surface area contributed by atoms with Crippen LogP contribution < -0.4 is 10.6 Å². The Morgan fingerprint density at radius 2 is 1.97 bits per heavy atom. The Balaban J connectivity index is 1.22. The molecule has 3 N–H and O–H groups in total. The van der Waals surface area contributed by atoms with Crippen LogP contribution in [0.3, 0.4) is 0 Å². The molecule has 3 atom stereocenters. The smallest absolute Gasteiger partial charge is 0.123 e. The molecule has 1 fully saturated rings. The van der Waals surface area contributed by atoms with Gasteiger partial charge in [0.05, 0.1) is 0 Å². The molecule has 0 bridgehead atoms. The van der Waals surface area contributed by atoms with Crippen molar-refractivity contribution >= 4 is 10.9 Å². The first kappa shape index (κ1) is 20.9. The Morgan fingerprint density at radius 1 is 1.12 bits per heavy atom. The molecule has 32 heavy (non-hydrogen) atoms. The van der Waals surface area contributed by atoms with Gasteiger partial charge in [0.25, 0.3) is 0 Å². The number of fused-ring (bicyclic) bond motifs is 1. The molecule has 0 aliphatic carbocycles. The van der Waals surface area contributed by atoms with Gasteiger partial charge in [0.2, 0.25) is 0 Å². The molecule has 2 aromatic heterocycles. The lowest BCUT2D eigenvalue weighted by atomic mass is 9.87. The first-order chi connectivity index (χ1) is 15.8. The summed E-state index contributed by atoms with van der Waals surface area (Å²) >= 11 is 0. The summed E-state index contributed by atoms with van der Waals surface area (Å²) in [5.41, 5.74) is 5.04. The maximum atomic E-state index is 3.93. The molecule has 4 aromatic rings. The molecular formula is C26H32N6. The van der Waals surface area contributed by atoms with Gasteiger partial charge in [-0.2, -0.15) is 0 Å². The van der Waals surface area contributed by atoms with Gasteiger partial charge >= 0.3 is 0 Å². The molecule has 2 unspecified atom stereocenters. The van der Waals surface area contributed by atoms with Crippen LogP contribution in [0.1, 0.15) is 43.4 Å². The average Bonchev–Trinajstić information content (AvgIpc) is 3.51. The van der Waals surface area contributed by atoms with E-state index in [2.05, 4.69) is 87.5 Å². The monoisotopic (exact) mass is 428 g/mol. The number of aryl methyl sites for hydroxylation is 1. The summed E-state index contributed by atoms with van der Waals surface area (Å²) in [7, 11) is 0. The highest BCUT2D eigenvalue weighted by molar-refractivity contribution is 5.85. The van der Waals surface area contributed by atoms with Crippen LogP contribution >= 0.6 is 0 Å². The zero-order valence-corrected chi connectivity index (χ0v) is 18.7. The van der Waals surface area contributed by atoms with Gasteiger partial charge in [-0.1, -0.05) is 30.3 Å². The van der Waals surface area contributed by atoms with Crippen LogP contribution in [0.5, 0.6) is 0 Å². The second kappa shape index (κ2) is 9.67. The van der Waals surface area contributed by atoms with E-state index in [0.717, 1.165) is 25.2 Å². The topological polar surface area (TPSA) is 70.6 Å². The summed E-state index contributed by atoms with van der Waals surface area (Å²) in [6, 6.07) is 18.2. The van der Waals surface area contributed by atoms with Crippen molar-refractivity contribution in [1.29, 1.82) is 0 Å². The highest BCUT2D eigenvalue weighted by Crippen LogP contribution is 2.26. The fourth-order valence-corrected chi connectivity index (χ4v) is 5.03. The number of hydrogen-bond donors (Lipinski definition) is 3. The van der Waals surface area contributed by atoms with E-state index in [0.29, 0.717) is 18.0 Å². The van der Waals surface area contributed by atoms with E-state index in [1.54, 1.807) is 12.7 Å². The van der Waals surface area contributed by atoms with Crippen molar-refractivity contribution in [1.82, 2.24) is 30.4 Å². The van der Waals surface area contributed by atoms with Gasteiger partial charge in [-0.05, 0) is 80.9 Å². The van der Waals surface area contributed by atoms with Crippen LogP contribution in [-0.4, -0.2) is 38.9 Å². The molecule has 5 rings (SSSR count). The highest BCUT2D eigenvalue weighted by atomic mass is 15.2. The minimum Gasteiger partial charge on any atom is -0.361 e. The van der Waals surface area contributed by atoms with E-state index in [-0.39, 0.29) is 0 Å². The van der Waals surface area contributed by atoms with Crippen LogP contribution in [0.2, 0.25) is 0 Å². The van der Waals surface area contributed by atoms with Gasteiger partial charge < -0.3 is 15.6 Å². The van der Waals surface area contributed by atoms with Gasteiger partial charge in [-0.3, -0.25) is 4.57 Å². The fourth-order valence-electron chi connectivity index (χ4n) is 5.03. The van der Waals surface area contributed by atoms with Crippen LogP contribution in [0.25, 0.3) is 16.6 Å². The number of piperidine rings is 1. The van der Waals surface area contributed by atoms with Crippen molar-refractivity contribution < 1.29 is 0 Å². The molecule has 6 heteroatoms. The van der Waals surface area contributed by atoms with Crippen molar-refractivity contribution in [3.63, 3.8) is 0 Å². The predicted octanol–water partition coefficient (Wildman–Crippen LogP) is 4.40. The molecule has 166 valence electrons. The third kappa shape index (κ3) is 4.61. The standard InChI is InChI=1S/C26H32N6/c1-19(20-6-3-2-4-7-20)31-25-12-13-27-15-22(25)9-5-8-21-16-28-26-11-10-23(14-24(21)26)32-17-29-30-18-32/h2-4,6-7,10-11,14,16-19,22,25,27-28,31H,5,8-9,12-13,15H2,1H3/t19?,22?,25-/m1/s1. The lowest BCUT2D eigenvalue weighted by Gasteiger charge is -2.35. The number of H-pyrrole nitrogens is 1. The zero-order chi connectivity index (χ0) is 21.8. The summed E-state index contributed by atoms with van der Waals surface area (Å²) in [4.78, 5) is 3.44. The molecule has 1 aliphatic rings. The van der Waals surface area contributed by atoms with Gasteiger partial charge in [-0.25, -0.2) is 0 Å². The van der Waals surface area contributed by atoms with E-state index in [9.17, 15) is 0 Å². The lowest BCUT2D eigenvalue weighted by Crippen LogP contribution is -2.48. The van der Waals surface area contributed by atoms with Crippen molar-refractivity contribution in [2.75, 3.05) is 13.1 Å². The number of nitrogens with zero attached hydrogens (tertiary/aromatic N) is 3. The number of aromatic nitrogens is 4. The van der Waals surface area contributed by atoms with Crippen LogP contribution in [0, 0.1) is 5.92 Å². The Kier molecular flexibility index (Phi) is 6.32. The van der Waals surface area contributed by atoms with Crippen molar-refractivity contribution in [2.24, 2.45) is 5.92 Å². The Labute approximate surface area is 189 Å². The Hall–Kier alpha value is -2.96. The molecule has 1 saturated heterocycles. The zero-order valence-electron chi connectivity index (χ0n) is 18.7. The van der Waals surface area contributed by atoms with E-state index < -0.39 is 0 Å². The highest BCUT2D eigenvalue weighted by Gasteiger charge is 2.26. The summed E-state index contributed by atoms with van der Waals surface area (Å²) in [5, 5.41) is 16.7. The number of nitrogens with one attached hydrogen (secondary N) is 3. The number of rotatable bonds is 8. The molecule has 0 radical (unpaired) electrons. The van der Waals surface area contributed by atoms with Crippen LogP contribution in [0.4, 0.5) is 0 Å². The second-order valence-corrected chi connectivity index (χ2v) is 8.96. The minimum atomic E-state index is 0.381. The summed E-state index contributed by atoms with van der Waals surface area (Å²) in [6.07, 6.45) is 10.4. The predicted molar refractivity (Wildman–Crippen MR) is 129 cm³/mol. The van der Waals surface area contributed by atoms with Gasteiger partial charge in [0.15, 0.2) is 0 Å². The molecule has 0 spiro atoms. The van der Waals surface area contributed by atoms with Crippen LogP contribution in [0.15, 0.2) is 67.4 Å². The first-order valence-corrected chi connectivity index (χ1v) is 11.7. The normalized spacial score (nSPS) is 19.9. The molecule has 0 saturated carbocycles. The summed E-state index contributed by atoms with van der Waals surface area (Å²) in [6.45, 7) is 4.49. The first-order valence-electron chi connectivity index (χ1n) is 11.7. The van der Waals surface area contributed by atoms with Crippen molar-refractivity contribution in [3.8, 4) is 5.69 Å². The van der Waals surface area contributed by atoms with Gasteiger partial charge in [-0.15, -0.1) is 10.2 Å². The Bertz CT molecular complexity index is 1120. The third-order valence-electron chi connectivity index (χ3n) is 6.86. The van der Waals surface area contributed by atoms with E-state index in [4.69, 9.17) is 0 Å². The number of benzene rings is 2. The SMILES string of the molecule is CC(N[C@@H]1CCNCC1CCCc1c[nH]c2ccc(-n3cnnc3)cc12)c1ccccc1. The fraction of sp³-hybridized carbons (Fsp3) is 0.385. The average molecular weight is 429 g/mol. The van der Waals surface area contributed by atoms with E-state index in [1.165, 1.54) is 41.3 Å². The second-order valence-electron chi connectivity index (χ2n) is 8.96. The Morgan fingerprint density at radius 3 is 2.81 bits per heavy atom. The maximum absolute atomic E-state index is 3.93. The third-order valence-corrected chi connectivity index (χ3v) is 6.86. The number of aromatic amines is 1. The van der Waals surface area contributed by atoms with Crippen LogP contribution in [-0.2, 0) is 6.42 Å². The van der Waals surface area contributed by atoms with Crippen molar-refractivity contribution in [2.45, 2.75) is 44.7 Å². The summed E-state index contributed by atoms with van der Waals surface area (Å²) in [5.74, 6) is 0.660. The molecule has 6 nitrogen and oxygen atoms in total. The molecule has 3 heterocycles. The quantitative estimate of drug-likeness (QED) is 0.389. The van der Waals surface area contributed by atoms with Gasteiger partial charge in [0, 0.05) is 34.9 Å². The molecule has 2 aromatic carbocycles. The number of hydrogen-bond acceptors (Lipinski definition) is 4. The summed E-state index contributed by atoms with van der Waals surface area (Å²) < 4.78 is 1.95. The molecular weight excluding hydrogens is 396 g/mol. The minimum absolute atomic E-state index is 0.381. The maximum Gasteiger partial charge on any atom is 0.123 e. The van der Waals surface area contributed by atoms with E-state index >= 15 is 0 Å². The molecule has 1 aliphatic heterocycles. The lowest BCUT2D eigenvalue weighted by molar-refractivity contribution is 0.246. The van der Waals surface area contributed by atoms with Gasteiger partial charge in [0.1, 0.15) is 12.7 Å². The van der Waals surface area contributed by atoms with E-state index in [1.807, 2.05) is 4.57 Å². The largest absolute Gasteiger partial charge is 0.361 e. The van der Waals surface area contributed by atoms with Crippen molar-refractivity contribution in [3.05, 3.63) is 78.5 Å². The molecule has 0 amide bonds.